The first-order valence-corrected chi connectivity index (χ1v) is 6.90. The number of benzene rings is 1. The van der Waals surface area contributed by atoms with Crippen molar-refractivity contribution >= 4 is 44.9 Å². The average Bonchev–Trinajstić information content (AvgIpc) is 2.14. The van der Waals surface area contributed by atoms with Gasteiger partial charge in [-0.15, -0.1) is 0 Å². The van der Waals surface area contributed by atoms with Crippen molar-refractivity contribution < 1.29 is 13.2 Å². The van der Waals surface area contributed by atoms with Gasteiger partial charge in [-0.05, 0) is 19.1 Å². The van der Waals surface area contributed by atoms with E-state index in [0.717, 1.165) is 4.31 Å². The first-order chi connectivity index (χ1) is 7.87. The van der Waals surface area contributed by atoms with Crippen molar-refractivity contribution in [2.45, 2.75) is 11.8 Å². The second kappa shape index (κ2) is 4.04. The largest absolute Gasteiger partial charge is 0.335 e. The minimum atomic E-state index is -3.90. The molecule has 5 nitrogen and oxygen atoms in total. The molecule has 0 unspecified atom stereocenters. The number of hydrogen-bond donors (Lipinski definition) is 1. The van der Waals surface area contributed by atoms with Crippen molar-refractivity contribution in [2.24, 2.45) is 0 Å². The van der Waals surface area contributed by atoms with Crippen molar-refractivity contribution in [1.82, 2.24) is 4.31 Å². The first kappa shape index (κ1) is 12.5. The number of nitrogens with one attached hydrogen (secondary N) is 1. The van der Waals surface area contributed by atoms with Crippen LogP contribution in [0, 0.1) is 0 Å². The summed E-state index contributed by atoms with van der Waals surface area (Å²) in [6.45, 7) is 1.60. The minimum Gasteiger partial charge on any atom is -0.306 e. The molecule has 0 saturated heterocycles. The second-order valence-corrected chi connectivity index (χ2v) is 6.01. The van der Waals surface area contributed by atoms with Crippen molar-refractivity contribution in [3.8, 4) is 0 Å². The van der Waals surface area contributed by atoms with Gasteiger partial charge >= 0.3 is 6.03 Å². The number of fused-ring (bicyclic) bond motifs is 1. The maximum atomic E-state index is 12.1. The van der Waals surface area contributed by atoms with Crippen LogP contribution >= 0.6 is 23.2 Å². The van der Waals surface area contributed by atoms with Crippen molar-refractivity contribution in [1.29, 1.82) is 0 Å². The summed E-state index contributed by atoms with van der Waals surface area (Å²) in [7, 11) is -3.90. The molecule has 0 spiro atoms. The minimum absolute atomic E-state index is 0.00838. The van der Waals surface area contributed by atoms with E-state index in [1.54, 1.807) is 6.92 Å². The molecule has 17 heavy (non-hydrogen) atoms. The zero-order valence-corrected chi connectivity index (χ0v) is 11.0. The zero-order valence-electron chi connectivity index (χ0n) is 8.70. The third-order valence-electron chi connectivity index (χ3n) is 2.31. The van der Waals surface area contributed by atoms with Crippen LogP contribution in [-0.2, 0) is 10.0 Å². The van der Waals surface area contributed by atoms with Gasteiger partial charge in [-0.2, -0.15) is 0 Å². The van der Waals surface area contributed by atoms with Crippen LogP contribution in [0.5, 0.6) is 0 Å². The molecule has 92 valence electrons. The number of hydrogen-bond acceptors (Lipinski definition) is 3. The van der Waals surface area contributed by atoms with Crippen LogP contribution in [0.3, 0.4) is 0 Å². The lowest BCUT2D eigenvalue weighted by Crippen LogP contribution is -2.43. The van der Waals surface area contributed by atoms with Crippen LogP contribution in [0.4, 0.5) is 10.5 Å². The Hall–Kier alpha value is -0.980. The number of rotatable bonds is 1. The van der Waals surface area contributed by atoms with Crippen molar-refractivity contribution in [3.63, 3.8) is 0 Å². The van der Waals surface area contributed by atoms with Gasteiger partial charge in [0, 0.05) is 11.6 Å². The SMILES string of the molecule is CCN1C(=O)Nc2cc(Cl)cc(Cl)c2S1(=O)=O. The Morgan fingerprint density at radius 1 is 1.35 bits per heavy atom. The smallest absolute Gasteiger partial charge is 0.306 e. The van der Waals surface area contributed by atoms with Crippen LogP contribution in [0.15, 0.2) is 17.0 Å². The number of carbonyl (C=O) groups excluding carboxylic acids is 1. The zero-order chi connectivity index (χ0) is 12.8. The maximum Gasteiger partial charge on any atom is 0.335 e. The molecule has 0 aliphatic carbocycles. The molecule has 0 fully saturated rings. The van der Waals surface area contributed by atoms with Crippen molar-refractivity contribution in [2.75, 3.05) is 11.9 Å². The number of urea groups is 1. The maximum absolute atomic E-state index is 12.1. The Kier molecular flexibility index (Phi) is 2.97. The molecule has 1 heterocycles. The van der Waals surface area contributed by atoms with Gasteiger partial charge in [0.2, 0.25) is 0 Å². The molecule has 0 aromatic heterocycles. The summed E-state index contributed by atoms with van der Waals surface area (Å²) in [4.78, 5) is 11.5. The summed E-state index contributed by atoms with van der Waals surface area (Å²) >= 11 is 11.6. The summed E-state index contributed by atoms with van der Waals surface area (Å²) in [5, 5.41) is 2.69. The molecule has 0 radical (unpaired) electrons. The Balaban J connectivity index is 2.76. The van der Waals surface area contributed by atoms with E-state index < -0.39 is 16.1 Å². The predicted octanol–water partition coefficient (Wildman–Crippen LogP) is 2.55. The topological polar surface area (TPSA) is 66.5 Å². The highest BCUT2D eigenvalue weighted by Gasteiger charge is 2.37. The lowest BCUT2D eigenvalue weighted by Gasteiger charge is -2.28. The fraction of sp³-hybridized carbons (Fsp3) is 0.222. The van der Waals surface area contributed by atoms with Gasteiger partial charge in [-0.1, -0.05) is 23.2 Å². The van der Waals surface area contributed by atoms with E-state index in [0.29, 0.717) is 0 Å². The highest BCUT2D eigenvalue weighted by Crippen LogP contribution is 2.37. The molecule has 0 atom stereocenters. The molecule has 1 aromatic rings. The van der Waals surface area contributed by atoms with Gasteiger partial charge in [0.25, 0.3) is 10.0 Å². The fourth-order valence-corrected chi connectivity index (χ4v) is 3.93. The third kappa shape index (κ3) is 1.86. The van der Waals surface area contributed by atoms with Crippen LogP contribution < -0.4 is 5.32 Å². The highest BCUT2D eigenvalue weighted by atomic mass is 35.5. The normalized spacial score (nSPS) is 17.6. The molecular formula is C9H8Cl2N2O3S. The third-order valence-corrected chi connectivity index (χ3v) is 4.90. The summed E-state index contributed by atoms with van der Waals surface area (Å²) in [5.74, 6) is 0. The summed E-state index contributed by atoms with van der Waals surface area (Å²) in [6.07, 6.45) is 0. The van der Waals surface area contributed by atoms with E-state index in [9.17, 15) is 13.2 Å². The lowest BCUT2D eigenvalue weighted by atomic mass is 10.3. The molecule has 1 aromatic carbocycles. The molecule has 8 heteroatoms. The summed E-state index contributed by atoms with van der Waals surface area (Å²) in [6, 6.07) is 1.97. The van der Waals surface area contributed by atoms with Gasteiger partial charge in [0.1, 0.15) is 4.90 Å². The molecule has 0 bridgehead atoms. The summed E-state index contributed by atoms with van der Waals surface area (Å²) in [5.41, 5.74) is 0.109. The average molecular weight is 295 g/mol. The Labute approximate surface area is 108 Å². The molecule has 1 N–H and O–H groups in total. The molecular weight excluding hydrogens is 287 g/mol. The van der Waals surface area contributed by atoms with Crippen LogP contribution in [0.1, 0.15) is 6.92 Å². The number of halogens is 2. The Morgan fingerprint density at radius 2 is 2.00 bits per heavy atom. The second-order valence-electron chi connectivity index (χ2n) is 3.36. The van der Waals surface area contributed by atoms with E-state index in [1.165, 1.54) is 12.1 Å². The standard InChI is InChI=1S/C9H8Cl2N2O3S/c1-2-13-9(14)12-7-4-5(10)3-6(11)8(7)17(13,15)16/h3-4H,2H2,1H3,(H,12,14). The number of amides is 2. The predicted molar refractivity (Wildman–Crippen MR) is 65.0 cm³/mol. The van der Waals surface area contributed by atoms with Crippen LogP contribution in [0.2, 0.25) is 10.0 Å². The van der Waals surface area contributed by atoms with Crippen molar-refractivity contribution in [3.05, 3.63) is 22.2 Å². The van der Waals surface area contributed by atoms with E-state index in [2.05, 4.69) is 5.32 Å². The summed E-state index contributed by atoms with van der Waals surface area (Å²) < 4.78 is 24.9. The van der Waals surface area contributed by atoms with Crippen LogP contribution in [0.25, 0.3) is 0 Å². The van der Waals surface area contributed by atoms with Gasteiger partial charge in [0.15, 0.2) is 0 Å². The quantitative estimate of drug-likeness (QED) is 0.865. The molecule has 0 saturated carbocycles. The Bertz CT molecular complexity index is 601. The Morgan fingerprint density at radius 3 is 2.59 bits per heavy atom. The van der Waals surface area contributed by atoms with E-state index in [-0.39, 0.29) is 27.2 Å². The number of anilines is 1. The number of sulfonamides is 1. The van der Waals surface area contributed by atoms with Crippen LogP contribution in [-0.4, -0.2) is 25.3 Å². The van der Waals surface area contributed by atoms with Gasteiger partial charge in [0.05, 0.1) is 10.7 Å². The van der Waals surface area contributed by atoms with Gasteiger partial charge in [-0.25, -0.2) is 17.5 Å². The molecule has 1 aliphatic rings. The first-order valence-electron chi connectivity index (χ1n) is 4.70. The fourth-order valence-electron chi connectivity index (χ4n) is 1.63. The molecule has 2 rings (SSSR count). The monoisotopic (exact) mass is 294 g/mol. The van der Waals surface area contributed by atoms with Gasteiger partial charge < -0.3 is 5.32 Å². The number of carbonyl (C=O) groups is 1. The lowest BCUT2D eigenvalue weighted by molar-refractivity contribution is 0.236. The van der Waals surface area contributed by atoms with E-state index in [1.807, 2.05) is 0 Å². The van der Waals surface area contributed by atoms with Gasteiger partial charge in [-0.3, -0.25) is 0 Å². The highest BCUT2D eigenvalue weighted by molar-refractivity contribution is 7.90. The van der Waals surface area contributed by atoms with E-state index >= 15 is 0 Å². The molecule has 2 amide bonds. The van der Waals surface area contributed by atoms with E-state index in [4.69, 9.17) is 23.2 Å². The number of nitrogens with zero attached hydrogens (tertiary/aromatic N) is 1. The molecule has 1 aliphatic heterocycles.